The number of hydrogen-bond acceptors (Lipinski definition) is 4. The van der Waals surface area contributed by atoms with Crippen LogP contribution < -0.4 is 5.32 Å². The van der Waals surface area contributed by atoms with Gasteiger partial charge in [0.1, 0.15) is 5.69 Å². The molecule has 6 heteroatoms. The molecule has 6 nitrogen and oxygen atoms in total. The van der Waals surface area contributed by atoms with Crippen molar-refractivity contribution in [3.8, 4) is 0 Å². The molecule has 0 atom stereocenters. The molecule has 1 aromatic rings. The zero-order chi connectivity index (χ0) is 16.1. The van der Waals surface area contributed by atoms with Crippen molar-refractivity contribution >= 4 is 18.0 Å². The van der Waals surface area contributed by atoms with E-state index in [0.717, 1.165) is 12.1 Å². The van der Waals surface area contributed by atoms with E-state index in [0.29, 0.717) is 37.9 Å². The molecule has 0 unspecified atom stereocenters. The van der Waals surface area contributed by atoms with Crippen LogP contribution >= 0.6 is 0 Å². The van der Waals surface area contributed by atoms with Crippen LogP contribution in [-0.4, -0.2) is 59.3 Å². The van der Waals surface area contributed by atoms with Gasteiger partial charge >= 0.3 is 0 Å². The molecule has 2 fully saturated rings. The Bertz CT molecular complexity index is 532. The lowest BCUT2D eigenvalue weighted by Crippen LogP contribution is -2.48. The summed E-state index contributed by atoms with van der Waals surface area (Å²) in [5.74, 6) is -0.0558. The van der Waals surface area contributed by atoms with Crippen molar-refractivity contribution in [1.29, 1.82) is 0 Å². The van der Waals surface area contributed by atoms with Gasteiger partial charge in [0.2, 0.25) is 6.41 Å². The van der Waals surface area contributed by atoms with Gasteiger partial charge in [0.05, 0.1) is 11.9 Å². The molecule has 1 saturated carbocycles. The van der Waals surface area contributed by atoms with Crippen molar-refractivity contribution in [3.63, 3.8) is 0 Å². The van der Waals surface area contributed by atoms with Gasteiger partial charge in [-0.15, -0.1) is 0 Å². The maximum atomic E-state index is 12.4. The molecule has 2 aliphatic rings. The van der Waals surface area contributed by atoms with Crippen LogP contribution in [0.1, 0.15) is 42.6 Å². The van der Waals surface area contributed by atoms with E-state index in [1.807, 2.05) is 6.07 Å². The summed E-state index contributed by atoms with van der Waals surface area (Å²) < 4.78 is 0. The van der Waals surface area contributed by atoms with Crippen LogP contribution in [0.4, 0.5) is 5.69 Å². The molecule has 1 saturated heterocycles. The molecule has 1 aromatic heterocycles. The van der Waals surface area contributed by atoms with Crippen molar-refractivity contribution in [1.82, 2.24) is 14.8 Å². The molecule has 0 spiro atoms. The number of nitrogens with zero attached hydrogens (tertiary/aromatic N) is 3. The van der Waals surface area contributed by atoms with E-state index in [1.54, 1.807) is 22.1 Å². The van der Waals surface area contributed by atoms with Crippen molar-refractivity contribution in [2.45, 2.75) is 38.1 Å². The van der Waals surface area contributed by atoms with Crippen LogP contribution in [0.25, 0.3) is 0 Å². The lowest BCUT2D eigenvalue weighted by Gasteiger charge is -2.32. The van der Waals surface area contributed by atoms with Crippen LogP contribution in [0.5, 0.6) is 0 Å². The molecule has 1 aliphatic heterocycles. The molecule has 2 heterocycles. The van der Waals surface area contributed by atoms with Gasteiger partial charge in [-0.25, -0.2) is 4.98 Å². The second-order valence-corrected chi connectivity index (χ2v) is 6.34. The van der Waals surface area contributed by atoms with E-state index in [2.05, 4.69) is 10.3 Å². The van der Waals surface area contributed by atoms with Crippen LogP contribution in [0.15, 0.2) is 18.3 Å². The fraction of sp³-hybridized carbons (Fsp3) is 0.588. The molecule has 2 amide bonds. The van der Waals surface area contributed by atoms with Gasteiger partial charge < -0.3 is 15.1 Å². The number of carbonyl (C=O) groups excluding carboxylic acids is 2. The van der Waals surface area contributed by atoms with Crippen LogP contribution in [0, 0.1) is 0 Å². The summed E-state index contributed by atoms with van der Waals surface area (Å²) in [6.07, 6.45) is 8.92. The maximum Gasteiger partial charge on any atom is 0.272 e. The number of piperazine rings is 1. The smallest absolute Gasteiger partial charge is 0.272 e. The minimum Gasteiger partial charge on any atom is -0.381 e. The van der Waals surface area contributed by atoms with E-state index < -0.39 is 0 Å². The van der Waals surface area contributed by atoms with Crippen molar-refractivity contribution in [2.24, 2.45) is 0 Å². The molecule has 124 valence electrons. The highest BCUT2D eigenvalue weighted by atomic mass is 16.2. The first kappa shape index (κ1) is 15.8. The summed E-state index contributed by atoms with van der Waals surface area (Å²) in [6.45, 7) is 2.33. The third kappa shape index (κ3) is 4.00. The minimum atomic E-state index is -0.0558. The number of pyridine rings is 1. The highest BCUT2D eigenvalue weighted by Crippen LogP contribution is 2.21. The van der Waals surface area contributed by atoms with Crippen LogP contribution in [0.3, 0.4) is 0 Å². The van der Waals surface area contributed by atoms with Gasteiger partial charge in [-0.3, -0.25) is 9.59 Å². The first-order chi connectivity index (χ1) is 11.3. The van der Waals surface area contributed by atoms with E-state index in [4.69, 9.17) is 0 Å². The number of hydrogen-bond donors (Lipinski definition) is 1. The van der Waals surface area contributed by atoms with Gasteiger partial charge in [0.15, 0.2) is 0 Å². The third-order valence-electron chi connectivity index (χ3n) is 4.71. The number of anilines is 1. The normalized spacial score (nSPS) is 19.5. The summed E-state index contributed by atoms with van der Waals surface area (Å²) in [5.41, 5.74) is 1.46. The predicted molar refractivity (Wildman–Crippen MR) is 88.3 cm³/mol. The molecule has 1 aliphatic carbocycles. The van der Waals surface area contributed by atoms with Crippen molar-refractivity contribution in [3.05, 3.63) is 24.0 Å². The molecular formula is C17H24N4O2. The van der Waals surface area contributed by atoms with Gasteiger partial charge in [0, 0.05) is 32.2 Å². The Hall–Kier alpha value is -2.11. The molecule has 1 N–H and O–H groups in total. The Morgan fingerprint density at radius 3 is 2.48 bits per heavy atom. The molecular weight excluding hydrogens is 292 g/mol. The fourth-order valence-electron chi connectivity index (χ4n) is 3.28. The standard InChI is InChI=1S/C17H24N4O2/c22-13-20-8-10-21(11-9-20)17(23)16-7-6-15(12-18-16)19-14-4-2-1-3-5-14/h6-7,12-14,19H,1-5,8-11H2. The first-order valence-corrected chi connectivity index (χ1v) is 8.47. The Labute approximate surface area is 136 Å². The van der Waals surface area contributed by atoms with Crippen LogP contribution in [-0.2, 0) is 4.79 Å². The zero-order valence-electron chi connectivity index (χ0n) is 13.4. The Morgan fingerprint density at radius 2 is 1.87 bits per heavy atom. The second-order valence-electron chi connectivity index (χ2n) is 6.34. The third-order valence-corrected chi connectivity index (χ3v) is 4.71. The molecule has 3 rings (SSSR count). The zero-order valence-corrected chi connectivity index (χ0v) is 13.4. The monoisotopic (exact) mass is 316 g/mol. The number of rotatable bonds is 4. The van der Waals surface area contributed by atoms with E-state index in [1.165, 1.54) is 32.1 Å². The fourth-order valence-corrected chi connectivity index (χ4v) is 3.28. The average Bonchev–Trinajstić information content (AvgIpc) is 2.63. The first-order valence-electron chi connectivity index (χ1n) is 8.47. The molecule has 0 aromatic carbocycles. The summed E-state index contributed by atoms with van der Waals surface area (Å²) in [4.78, 5) is 30.9. The second kappa shape index (κ2) is 7.44. The summed E-state index contributed by atoms with van der Waals surface area (Å²) in [5, 5.41) is 3.51. The Morgan fingerprint density at radius 1 is 1.13 bits per heavy atom. The van der Waals surface area contributed by atoms with Crippen LogP contribution in [0.2, 0.25) is 0 Å². The predicted octanol–water partition coefficient (Wildman–Crippen LogP) is 1.74. The quantitative estimate of drug-likeness (QED) is 0.859. The van der Waals surface area contributed by atoms with E-state index >= 15 is 0 Å². The summed E-state index contributed by atoms with van der Waals surface area (Å²) in [7, 11) is 0. The van der Waals surface area contributed by atoms with Crippen molar-refractivity contribution in [2.75, 3.05) is 31.5 Å². The molecule has 23 heavy (non-hydrogen) atoms. The van der Waals surface area contributed by atoms with E-state index in [-0.39, 0.29) is 5.91 Å². The summed E-state index contributed by atoms with van der Waals surface area (Å²) >= 11 is 0. The summed E-state index contributed by atoms with van der Waals surface area (Å²) in [6, 6.07) is 4.26. The Balaban J connectivity index is 1.56. The maximum absolute atomic E-state index is 12.4. The van der Waals surface area contributed by atoms with Gasteiger partial charge in [-0.1, -0.05) is 19.3 Å². The number of carbonyl (C=O) groups is 2. The largest absolute Gasteiger partial charge is 0.381 e. The lowest BCUT2D eigenvalue weighted by atomic mass is 9.95. The highest BCUT2D eigenvalue weighted by molar-refractivity contribution is 5.92. The van der Waals surface area contributed by atoms with Gasteiger partial charge in [0.25, 0.3) is 5.91 Å². The van der Waals surface area contributed by atoms with Crippen molar-refractivity contribution < 1.29 is 9.59 Å². The lowest BCUT2D eigenvalue weighted by molar-refractivity contribution is -0.119. The highest BCUT2D eigenvalue weighted by Gasteiger charge is 2.22. The number of amides is 2. The number of aromatic nitrogens is 1. The van der Waals surface area contributed by atoms with Gasteiger partial charge in [-0.2, -0.15) is 0 Å². The van der Waals surface area contributed by atoms with E-state index in [9.17, 15) is 9.59 Å². The molecule has 0 bridgehead atoms. The minimum absolute atomic E-state index is 0.0558. The average molecular weight is 316 g/mol. The Kier molecular flexibility index (Phi) is 5.10. The SMILES string of the molecule is O=CN1CCN(C(=O)c2ccc(NC3CCCCC3)cn2)CC1. The topological polar surface area (TPSA) is 65.5 Å². The van der Waals surface area contributed by atoms with Gasteiger partial charge in [-0.05, 0) is 25.0 Å². The number of nitrogens with one attached hydrogen (secondary N) is 1. The molecule has 0 radical (unpaired) electrons.